The van der Waals surface area contributed by atoms with Crippen LogP contribution in [0.5, 0.6) is 0 Å². The summed E-state index contributed by atoms with van der Waals surface area (Å²) < 4.78 is 0. The highest BCUT2D eigenvalue weighted by molar-refractivity contribution is 5.89. The van der Waals surface area contributed by atoms with Crippen LogP contribution in [0, 0.1) is 11.3 Å². The third-order valence-corrected chi connectivity index (χ3v) is 6.20. The monoisotopic (exact) mass is 347 g/mol. The standard InChI is InChI=1S/C21H21N3O2/c25-12-16-19(14-5-2-1-3-6-14)21(16)13-24(11-18(21)26)20-15-7-4-9-22-17(15)8-10-23-20/h1-10,16,18-19,25-26H,11-13H2/t16-,18-,19-,21-/m1/s1. The highest BCUT2D eigenvalue weighted by atomic mass is 16.3. The van der Waals surface area contributed by atoms with E-state index in [4.69, 9.17) is 0 Å². The molecule has 2 N–H and O–H groups in total. The van der Waals surface area contributed by atoms with Gasteiger partial charge in [-0.25, -0.2) is 4.98 Å². The van der Waals surface area contributed by atoms with Gasteiger partial charge in [0.25, 0.3) is 0 Å². The minimum absolute atomic E-state index is 0.0815. The van der Waals surface area contributed by atoms with Crippen molar-refractivity contribution in [2.24, 2.45) is 11.3 Å². The molecule has 2 aromatic heterocycles. The molecule has 3 aromatic rings. The third kappa shape index (κ3) is 2.11. The first-order chi connectivity index (χ1) is 12.8. The van der Waals surface area contributed by atoms with Crippen LogP contribution in [0.3, 0.4) is 0 Å². The molecule has 2 fully saturated rings. The summed E-state index contributed by atoms with van der Waals surface area (Å²) >= 11 is 0. The number of hydrogen-bond acceptors (Lipinski definition) is 5. The fourth-order valence-electron chi connectivity index (χ4n) is 4.97. The number of aromatic nitrogens is 2. The summed E-state index contributed by atoms with van der Waals surface area (Å²) in [6.07, 6.45) is 3.06. The molecule has 132 valence electrons. The Morgan fingerprint density at radius 1 is 1.04 bits per heavy atom. The maximum Gasteiger partial charge on any atom is 0.138 e. The molecule has 5 heteroatoms. The number of anilines is 1. The number of pyridine rings is 2. The van der Waals surface area contributed by atoms with Crippen LogP contribution in [0.4, 0.5) is 5.82 Å². The van der Waals surface area contributed by atoms with E-state index in [0.717, 1.165) is 16.7 Å². The molecule has 0 amide bonds. The van der Waals surface area contributed by atoms with Crippen molar-refractivity contribution < 1.29 is 10.2 Å². The molecule has 1 aromatic carbocycles. The molecule has 2 aliphatic rings. The van der Waals surface area contributed by atoms with Gasteiger partial charge >= 0.3 is 0 Å². The minimum Gasteiger partial charge on any atom is -0.396 e. The van der Waals surface area contributed by atoms with Gasteiger partial charge in [-0.05, 0) is 35.6 Å². The van der Waals surface area contributed by atoms with Crippen LogP contribution < -0.4 is 4.90 Å². The van der Waals surface area contributed by atoms with Gasteiger partial charge in [-0.1, -0.05) is 30.3 Å². The topological polar surface area (TPSA) is 69.5 Å². The minimum atomic E-state index is -0.487. The lowest BCUT2D eigenvalue weighted by atomic mass is 9.95. The van der Waals surface area contributed by atoms with E-state index < -0.39 is 6.10 Å². The second-order valence-electron chi connectivity index (χ2n) is 7.39. The number of rotatable bonds is 3. The van der Waals surface area contributed by atoms with E-state index in [1.54, 1.807) is 12.4 Å². The van der Waals surface area contributed by atoms with Crippen LogP contribution in [0.2, 0.25) is 0 Å². The lowest BCUT2D eigenvalue weighted by Gasteiger charge is -2.19. The molecule has 3 heterocycles. The highest BCUT2D eigenvalue weighted by Gasteiger charge is 2.71. The van der Waals surface area contributed by atoms with Gasteiger partial charge in [0, 0.05) is 42.9 Å². The van der Waals surface area contributed by atoms with Gasteiger partial charge in [-0.3, -0.25) is 4.98 Å². The molecule has 1 aliphatic carbocycles. The van der Waals surface area contributed by atoms with Crippen LogP contribution in [0.15, 0.2) is 60.9 Å². The zero-order valence-electron chi connectivity index (χ0n) is 14.4. The van der Waals surface area contributed by atoms with Crippen molar-refractivity contribution in [3.63, 3.8) is 0 Å². The Morgan fingerprint density at radius 3 is 2.69 bits per heavy atom. The van der Waals surface area contributed by atoms with Crippen LogP contribution in [-0.2, 0) is 0 Å². The van der Waals surface area contributed by atoms with Gasteiger partial charge < -0.3 is 15.1 Å². The maximum absolute atomic E-state index is 11.0. The van der Waals surface area contributed by atoms with Crippen LogP contribution in [0.1, 0.15) is 11.5 Å². The molecule has 0 bridgehead atoms. The van der Waals surface area contributed by atoms with E-state index in [1.807, 2.05) is 36.4 Å². The Labute approximate surface area is 152 Å². The number of aliphatic hydroxyl groups excluding tert-OH is 2. The van der Waals surface area contributed by atoms with Crippen LogP contribution in [0.25, 0.3) is 10.9 Å². The predicted octanol–water partition coefficient (Wildman–Crippen LogP) is 2.20. The summed E-state index contributed by atoms with van der Waals surface area (Å²) in [5.74, 6) is 1.13. The second-order valence-corrected chi connectivity index (χ2v) is 7.39. The molecule has 26 heavy (non-hydrogen) atoms. The van der Waals surface area contributed by atoms with Gasteiger partial charge in [0.2, 0.25) is 0 Å². The van der Waals surface area contributed by atoms with Crippen molar-refractivity contribution in [3.05, 3.63) is 66.5 Å². The van der Waals surface area contributed by atoms with E-state index in [2.05, 4.69) is 27.0 Å². The zero-order valence-corrected chi connectivity index (χ0v) is 14.4. The molecule has 1 saturated heterocycles. The number of fused-ring (bicyclic) bond motifs is 1. The number of aliphatic hydroxyl groups is 2. The summed E-state index contributed by atoms with van der Waals surface area (Å²) in [7, 11) is 0. The Bertz CT molecular complexity index is 943. The predicted molar refractivity (Wildman–Crippen MR) is 99.9 cm³/mol. The van der Waals surface area contributed by atoms with Crippen molar-refractivity contribution in [2.45, 2.75) is 12.0 Å². The van der Waals surface area contributed by atoms with Gasteiger partial charge in [-0.15, -0.1) is 0 Å². The first-order valence-corrected chi connectivity index (χ1v) is 9.04. The molecule has 1 aliphatic heterocycles. The van der Waals surface area contributed by atoms with E-state index >= 15 is 0 Å². The Hall–Kier alpha value is -2.50. The summed E-state index contributed by atoms with van der Waals surface area (Å²) in [4.78, 5) is 11.1. The lowest BCUT2D eigenvalue weighted by molar-refractivity contribution is 0.113. The Morgan fingerprint density at radius 2 is 1.88 bits per heavy atom. The third-order valence-electron chi connectivity index (χ3n) is 6.20. The van der Waals surface area contributed by atoms with Crippen molar-refractivity contribution in [1.82, 2.24) is 9.97 Å². The second kappa shape index (κ2) is 5.76. The molecule has 1 saturated carbocycles. The van der Waals surface area contributed by atoms with E-state index in [-0.39, 0.29) is 23.9 Å². The lowest BCUT2D eigenvalue weighted by Crippen LogP contribution is -2.23. The summed E-state index contributed by atoms with van der Waals surface area (Å²) in [6.45, 7) is 1.32. The van der Waals surface area contributed by atoms with Crippen molar-refractivity contribution in [1.29, 1.82) is 0 Å². The number of benzene rings is 1. The molecule has 5 nitrogen and oxygen atoms in total. The number of hydrogen-bond donors (Lipinski definition) is 2. The molecular formula is C21H21N3O2. The maximum atomic E-state index is 11.0. The van der Waals surface area contributed by atoms with E-state index in [0.29, 0.717) is 13.1 Å². The first kappa shape index (κ1) is 15.7. The number of β-amino-alcohol motifs (C(OH)–C–C–N with tert-alkyl or cyclic N) is 1. The Kier molecular flexibility index (Phi) is 3.48. The smallest absolute Gasteiger partial charge is 0.138 e. The normalized spacial score (nSPS) is 30.2. The largest absolute Gasteiger partial charge is 0.396 e. The molecule has 0 unspecified atom stereocenters. The zero-order chi connectivity index (χ0) is 17.7. The van der Waals surface area contributed by atoms with Crippen molar-refractivity contribution in [2.75, 3.05) is 24.6 Å². The average molecular weight is 347 g/mol. The fourth-order valence-corrected chi connectivity index (χ4v) is 4.97. The quantitative estimate of drug-likeness (QED) is 0.760. The average Bonchev–Trinajstić information content (AvgIpc) is 3.23. The fraction of sp³-hybridized carbons (Fsp3) is 0.333. The summed E-state index contributed by atoms with van der Waals surface area (Å²) in [5.41, 5.74) is 1.80. The molecular weight excluding hydrogens is 326 g/mol. The summed E-state index contributed by atoms with van der Waals surface area (Å²) in [6, 6.07) is 16.1. The number of nitrogens with zero attached hydrogens (tertiary/aromatic N) is 3. The Balaban J connectivity index is 1.52. The first-order valence-electron chi connectivity index (χ1n) is 9.04. The van der Waals surface area contributed by atoms with Gasteiger partial charge in [-0.2, -0.15) is 0 Å². The van der Waals surface area contributed by atoms with Gasteiger partial charge in [0.1, 0.15) is 5.82 Å². The van der Waals surface area contributed by atoms with Crippen molar-refractivity contribution in [3.8, 4) is 0 Å². The molecule has 4 atom stereocenters. The van der Waals surface area contributed by atoms with Gasteiger partial charge in [0.15, 0.2) is 0 Å². The SMILES string of the molecule is OC[C@@H]1[C@@H](c2ccccc2)[C@]12CN(c1nccc3ncccc13)C[C@H]2O. The van der Waals surface area contributed by atoms with E-state index in [1.165, 1.54) is 5.56 Å². The molecule has 5 rings (SSSR count). The highest BCUT2D eigenvalue weighted by Crippen LogP contribution is 2.68. The molecule has 0 radical (unpaired) electrons. The van der Waals surface area contributed by atoms with Crippen LogP contribution in [-0.4, -0.2) is 46.0 Å². The summed E-state index contributed by atoms with van der Waals surface area (Å²) in [5, 5.41) is 21.9. The van der Waals surface area contributed by atoms with Gasteiger partial charge in [0.05, 0.1) is 11.6 Å². The van der Waals surface area contributed by atoms with Crippen LogP contribution >= 0.6 is 0 Å². The molecule has 1 spiro atoms. The van der Waals surface area contributed by atoms with Crippen molar-refractivity contribution >= 4 is 16.7 Å². The van der Waals surface area contributed by atoms with E-state index in [9.17, 15) is 10.2 Å².